The molecule has 0 fully saturated rings. The summed E-state index contributed by atoms with van der Waals surface area (Å²) in [6.45, 7) is 5.00. The van der Waals surface area contributed by atoms with Crippen LogP contribution in [0.2, 0.25) is 0 Å². The van der Waals surface area contributed by atoms with E-state index in [9.17, 15) is 4.79 Å². The van der Waals surface area contributed by atoms with Crippen molar-refractivity contribution in [2.24, 2.45) is 0 Å². The zero-order valence-electron chi connectivity index (χ0n) is 9.76. The molecule has 0 bridgehead atoms. The van der Waals surface area contributed by atoms with Gasteiger partial charge >= 0.3 is 0 Å². The van der Waals surface area contributed by atoms with Crippen LogP contribution < -0.4 is 5.32 Å². The predicted molar refractivity (Wildman–Crippen MR) is 63.4 cm³/mol. The number of aryl methyl sites for hydroxylation is 2. The van der Waals surface area contributed by atoms with Gasteiger partial charge < -0.3 is 5.32 Å². The van der Waals surface area contributed by atoms with Crippen LogP contribution in [0.5, 0.6) is 0 Å². The molecule has 2 nitrogen and oxygen atoms in total. The van der Waals surface area contributed by atoms with E-state index < -0.39 is 0 Å². The van der Waals surface area contributed by atoms with E-state index in [0.717, 1.165) is 18.5 Å². The highest BCUT2D eigenvalue weighted by Crippen LogP contribution is 2.12. The molecule has 0 aliphatic carbocycles. The predicted octanol–water partition coefficient (Wildman–Crippen LogP) is 2.49. The number of benzene rings is 1. The fourth-order valence-corrected chi connectivity index (χ4v) is 1.48. The van der Waals surface area contributed by atoms with Gasteiger partial charge in [0.15, 0.2) is 5.78 Å². The first kappa shape index (κ1) is 11.9. The summed E-state index contributed by atoms with van der Waals surface area (Å²) in [6.07, 6.45) is 1.53. The minimum absolute atomic E-state index is 0.244. The Morgan fingerprint density at radius 3 is 2.60 bits per heavy atom. The molecule has 1 aromatic rings. The van der Waals surface area contributed by atoms with Crippen molar-refractivity contribution >= 4 is 5.78 Å². The van der Waals surface area contributed by atoms with Gasteiger partial charge in [0.2, 0.25) is 0 Å². The molecule has 0 saturated carbocycles. The number of Topliss-reactive ketones (excluding diaryl/α,β-unsaturated/α-hetero) is 1. The summed E-state index contributed by atoms with van der Waals surface area (Å²) in [4.78, 5) is 11.8. The lowest BCUT2D eigenvalue weighted by Crippen LogP contribution is -2.10. The van der Waals surface area contributed by atoms with Crippen LogP contribution in [-0.4, -0.2) is 19.4 Å². The van der Waals surface area contributed by atoms with Crippen LogP contribution in [0.1, 0.15) is 34.3 Å². The van der Waals surface area contributed by atoms with Gasteiger partial charge in [0.05, 0.1) is 0 Å². The molecule has 0 amide bonds. The zero-order chi connectivity index (χ0) is 11.3. The maximum absolute atomic E-state index is 11.8. The van der Waals surface area contributed by atoms with Crippen molar-refractivity contribution in [2.45, 2.75) is 26.7 Å². The Morgan fingerprint density at radius 2 is 2.00 bits per heavy atom. The van der Waals surface area contributed by atoms with E-state index in [1.165, 1.54) is 11.1 Å². The van der Waals surface area contributed by atoms with Gasteiger partial charge in [-0.15, -0.1) is 0 Å². The SMILES string of the molecule is CNCCCC(=O)c1ccc(C)c(C)c1. The lowest BCUT2D eigenvalue weighted by molar-refractivity contribution is 0.0980. The standard InChI is InChI=1S/C13H19NO/c1-10-6-7-12(9-11(10)2)13(15)5-4-8-14-3/h6-7,9,14H,4-5,8H2,1-3H3. The average Bonchev–Trinajstić information content (AvgIpc) is 2.22. The number of nitrogens with one attached hydrogen (secondary N) is 1. The molecule has 0 aliphatic heterocycles. The second kappa shape index (κ2) is 5.66. The van der Waals surface area contributed by atoms with E-state index in [2.05, 4.69) is 12.2 Å². The quantitative estimate of drug-likeness (QED) is 0.591. The molecule has 2 heteroatoms. The van der Waals surface area contributed by atoms with Gasteiger partial charge in [-0.2, -0.15) is 0 Å². The van der Waals surface area contributed by atoms with Gasteiger partial charge in [-0.3, -0.25) is 4.79 Å². The van der Waals surface area contributed by atoms with Crippen molar-refractivity contribution in [3.05, 3.63) is 34.9 Å². The molecule has 0 aromatic heterocycles. The van der Waals surface area contributed by atoms with E-state index in [-0.39, 0.29) is 5.78 Å². The Kier molecular flexibility index (Phi) is 4.50. The van der Waals surface area contributed by atoms with E-state index in [1.54, 1.807) is 0 Å². The van der Waals surface area contributed by atoms with E-state index in [0.29, 0.717) is 6.42 Å². The molecule has 82 valence electrons. The van der Waals surface area contributed by atoms with Gasteiger partial charge in [0, 0.05) is 12.0 Å². The largest absolute Gasteiger partial charge is 0.320 e. The number of rotatable bonds is 5. The smallest absolute Gasteiger partial charge is 0.162 e. The third-order valence-electron chi connectivity index (χ3n) is 2.66. The molecule has 0 unspecified atom stereocenters. The number of carbonyl (C=O) groups excluding carboxylic acids is 1. The normalized spacial score (nSPS) is 10.3. The molecule has 0 aliphatic rings. The Morgan fingerprint density at radius 1 is 1.27 bits per heavy atom. The summed E-state index contributed by atoms with van der Waals surface area (Å²) >= 11 is 0. The van der Waals surface area contributed by atoms with Crippen LogP contribution in [0.3, 0.4) is 0 Å². The second-order valence-corrected chi connectivity index (χ2v) is 3.93. The monoisotopic (exact) mass is 205 g/mol. The molecule has 0 atom stereocenters. The minimum Gasteiger partial charge on any atom is -0.320 e. The van der Waals surface area contributed by atoms with Crippen LogP contribution in [0.25, 0.3) is 0 Å². The fraction of sp³-hybridized carbons (Fsp3) is 0.462. The highest BCUT2D eigenvalue weighted by molar-refractivity contribution is 5.96. The zero-order valence-corrected chi connectivity index (χ0v) is 9.76. The van der Waals surface area contributed by atoms with E-state index in [1.807, 2.05) is 32.2 Å². The van der Waals surface area contributed by atoms with Crippen LogP contribution in [0.4, 0.5) is 0 Å². The van der Waals surface area contributed by atoms with E-state index in [4.69, 9.17) is 0 Å². The van der Waals surface area contributed by atoms with E-state index >= 15 is 0 Å². The average molecular weight is 205 g/mol. The summed E-state index contributed by atoms with van der Waals surface area (Å²) in [5.74, 6) is 0.244. The van der Waals surface area contributed by atoms with Crippen molar-refractivity contribution in [1.29, 1.82) is 0 Å². The van der Waals surface area contributed by atoms with Crippen molar-refractivity contribution in [2.75, 3.05) is 13.6 Å². The fourth-order valence-electron chi connectivity index (χ4n) is 1.48. The van der Waals surface area contributed by atoms with Crippen molar-refractivity contribution in [1.82, 2.24) is 5.32 Å². The molecule has 1 aromatic carbocycles. The topological polar surface area (TPSA) is 29.1 Å². The molecule has 0 heterocycles. The van der Waals surface area contributed by atoms with Gasteiger partial charge in [-0.25, -0.2) is 0 Å². The first-order chi connectivity index (χ1) is 7.15. The Hall–Kier alpha value is -1.15. The van der Waals surface area contributed by atoms with Gasteiger partial charge in [-0.1, -0.05) is 12.1 Å². The van der Waals surface area contributed by atoms with Crippen LogP contribution in [0.15, 0.2) is 18.2 Å². The maximum Gasteiger partial charge on any atom is 0.162 e. The molecule has 1 N–H and O–H groups in total. The van der Waals surface area contributed by atoms with Crippen LogP contribution in [-0.2, 0) is 0 Å². The van der Waals surface area contributed by atoms with Crippen LogP contribution >= 0.6 is 0 Å². The van der Waals surface area contributed by atoms with Crippen molar-refractivity contribution < 1.29 is 4.79 Å². The Labute approximate surface area is 91.7 Å². The molecule has 0 radical (unpaired) electrons. The van der Waals surface area contributed by atoms with Crippen LogP contribution in [0, 0.1) is 13.8 Å². The second-order valence-electron chi connectivity index (χ2n) is 3.93. The molecular weight excluding hydrogens is 186 g/mol. The summed E-state index contributed by atoms with van der Waals surface area (Å²) in [5, 5.41) is 3.04. The third-order valence-corrected chi connectivity index (χ3v) is 2.66. The molecule has 0 saturated heterocycles. The Balaban J connectivity index is 2.62. The first-order valence-electron chi connectivity index (χ1n) is 5.40. The molecule has 0 spiro atoms. The van der Waals surface area contributed by atoms with Gasteiger partial charge in [0.1, 0.15) is 0 Å². The van der Waals surface area contributed by atoms with Gasteiger partial charge in [-0.05, 0) is 51.1 Å². The Bertz CT molecular complexity index is 344. The maximum atomic E-state index is 11.8. The summed E-state index contributed by atoms with van der Waals surface area (Å²) in [7, 11) is 1.90. The minimum atomic E-state index is 0.244. The third kappa shape index (κ3) is 3.48. The summed E-state index contributed by atoms with van der Waals surface area (Å²) in [6, 6.07) is 5.92. The summed E-state index contributed by atoms with van der Waals surface area (Å²) < 4.78 is 0. The van der Waals surface area contributed by atoms with Crippen molar-refractivity contribution in [3.8, 4) is 0 Å². The van der Waals surface area contributed by atoms with Gasteiger partial charge in [0.25, 0.3) is 0 Å². The number of hydrogen-bond donors (Lipinski definition) is 1. The number of carbonyl (C=O) groups is 1. The highest BCUT2D eigenvalue weighted by Gasteiger charge is 2.05. The number of ketones is 1. The molecular formula is C13H19NO. The lowest BCUT2D eigenvalue weighted by atomic mass is 10.0. The lowest BCUT2D eigenvalue weighted by Gasteiger charge is -2.04. The highest BCUT2D eigenvalue weighted by atomic mass is 16.1. The van der Waals surface area contributed by atoms with Crippen molar-refractivity contribution in [3.63, 3.8) is 0 Å². The summed E-state index contributed by atoms with van der Waals surface area (Å²) in [5.41, 5.74) is 3.27. The molecule has 15 heavy (non-hydrogen) atoms. The first-order valence-corrected chi connectivity index (χ1v) is 5.40. The number of hydrogen-bond acceptors (Lipinski definition) is 2. The molecule has 1 rings (SSSR count).